The Morgan fingerprint density at radius 1 is 1.21 bits per heavy atom. The van der Waals surface area contributed by atoms with Gasteiger partial charge in [-0.15, -0.1) is 0 Å². The second kappa shape index (κ2) is 5.13. The fraction of sp³-hybridized carbons (Fsp3) is 0.467. The number of aromatic nitrogens is 2. The van der Waals surface area contributed by atoms with Crippen molar-refractivity contribution < 1.29 is 0 Å². The van der Waals surface area contributed by atoms with E-state index >= 15 is 0 Å². The van der Waals surface area contributed by atoms with E-state index in [4.69, 9.17) is 9.97 Å². The van der Waals surface area contributed by atoms with Crippen LogP contribution in [-0.2, 0) is 0 Å². The van der Waals surface area contributed by atoms with E-state index in [1.165, 1.54) is 0 Å². The summed E-state index contributed by atoms with van der Waals surface area (Å²) in [5.74, 6) is 1.05. The summed E-state index contributed by atoms with van der Waals surface area (Å²) in [4.78, 5) is 11.9. The summed E-state index contributed by atoms with van der Waals surface area (Å²) in [6.07, 6.45) is 1.13. The summed E-state index contributed by atoms with van der Waals surface area (Å²) >= 11 is 0. The molecule has 0 amide bonds. The molecule has 2 heterocycles. The van der Waals surface area contributed by atoms with Crippen molar-refractivity contribution in [3.8, 4) is 0 Å². The van der Waals surface area contributed by atoms with Gasteiger partial charge in [0.1, 0.15) is 0 Å². The van der Waals surface area contributed by atoms with Crippen molar-refractivity contribution in [3.63, 3.8) is 0 Å². The van der Waals surface area contributed by atoms with Gasteiger partial charge in [-0.05, 0) is 25.5 Å². The molecule has 0 aliphatic carbocycles. The Kier molecular flexibility index (Phi) is 3.34. The van der Waals surface area contributed by atoms with Gasteiger partial charge in [0.25, 0.3) is 0 Å². The van der Waals surface area contributed by atoms with Crippen molar-refractivity contribution in [2.24, 2.45) is 0 Å². The molecule has 1 aliphatic heterocycles. The molecule has 1 fully saturated rings. The van der Waals surface area contributed by atoms with E-state index < -0.39 is 0 Å². The first-order valence-electron chi connectivity index (χ1n) is 7.00. The molecule has 1 aromatic carbocycles. The topological polar surface area (TPSA) is 41.1 Å². The molecule has 100 valence electrons. The van der Waals surface area contributed by atoms with E-state index in [-0.39, 0.29) is 0 Å². The van der Waals surface area contributed by atoms with E-state index in [9.17, 15) is 0 Å². The quantitative estimate of drug-likeness (QED) is 0.910. The van der Waals surface area contributed by atoms with Crippen LogP contribution in [0, 0.1) is 6.92 Å². The first kappa shape index (κ1) is 12.4. The lowest BCUT2D eigenvalue weighted by Gasteiger charge is -2.39. The van der Waals surface area contributed by atoms with Crippen LogP contribution in [0.1, 0.15) is 19.0 Å². The average molecular weight is 256 g/mol. The van der Waals surface area contributed by atoms with Gasteiger partial charge in [0, 0.05) is 19.6 Å². The minimum atomic E-state index is 0.564. The van der Waals surface area contributed by atoms with Crippen molar-refractivity contribution in [1.82, 2.24) is 15.3 Å². The molecule has 1 saturated heterocycles. The van der Waals surface area contributed by atoms with E-state index in [0.29, 0.717) is 6.04 Å². The highest BCUT2D eigenvalue weighted by Gasteiger charge is 2.26. The van der Waals surface area contributed by atoms with Crippen LogP contribution in [0.4, 0.5) is 5.82 Å². The summed E-state index contributed by atoms with van der Waals surface area (Å²) in [7, 11) is 0. The van der Waals surface area contributed by atoms with E-state index in [1.807, 2.05) is 24.3 Å². The largest absolute Gasteiger partial charge is 0.350 e. The number of benzene rings is 1. The van der Waals surface area contributed by atoms with Crippen molar-refractivity contribution in [3.05, 3.63) is 30.0 Å². The number of para-hydroxylation sites is 2. The van der Waals surface area contributed by atoms with Gasteiger partial charge in [0.05, 0.1) is 22.8 Å². The molecule has 0 unspecified atom stereocenters. The van der Waals surface area contributed by atoms with Crippen molar-refractivity contribution in [2.75, 3.05) is 24.5 Å². The van der Waals surface area contributed by atoms with Gasteiger partial charge in [-0.1, -0.05) is 19.1 Å². The second-order valence-electron chi connectivity index (χ2n) is 5.13. The monoisotopic (exact) mass is 256 g/mol. The van der Waals surface area contributed by atoms with E-state index in [2.05, 4.69) is 24.1 Å². The highest BCUT2D eigenvalue weighted by Crippen LogP contribution is 2.23. The number of hydrogen-bond donors (Lipinski definition) is 1. The third-order valence-corrected chi connectivity index (χ3v) is 3.66. The van der Waals surface area contributed by atoms with Crippen LogP contribution in [0.15, 0.2) is 24.3 Å². The van der Waals surface area contributed by atoms with Crippen LogP contribution in [0.5, 0.6) is 0 Å². The molecule has 0 bridgehead atoms. The summed E-state index contributed by atoms with van der Waals surface area (Å²) in [5.41, 5.74) is 2.99. The Labute approximate surface area is 113 Å². The van der Waals surface area contributed by atoms with Gasteiger partial charge in [0.2, 0.25) is 0 Å². The van der Waals surface area contributed by atoms with Crippen LogP contribution in [-0.4, -0.2) is 35.6 Å². The summed E-state index contributed by atoms with van der Waals surface area (Å²) in [5, 5.41) is 3.34. The summed E-state index contributed by atoms with van der Waals surface area (Å²) < 4.78 is 0. The Hall–Kier alpha value is -1.68. The van der Waals surface area contributed by atoms with Gasteiger partial charge in [-0.3, -0.25) is 0 Å². The Balaban J connectivity index is 2.03. The van der Waals surface area contributed by atoms with Crippen molar-refractivity contribution in [2.45, 2.75) is 26.3 Å². The maximum atomic E-state index is 4.83. The van der Waals surface area contributed by atoms with Gasteiger partial charge in [-0.25, -0.2) is 9.97 Å². The number of aryl methyl sites for hydroxylation is 1. The predicted octanol–water partition coefficient (Wildman–Crippen LogP) is 2.13. The van der Waals surface area contributed by atoms with Crippen LogP contribution in [0.25, 0.3) is 11.0 Å². The lowest BCUT2D eigenvalue weighted by atomic mass is 10.1. The number of rotatable bonds is 4. The standard InChI is InChI=1S/C15H20N4/c1-3-8-19(12-9-16-10-12)15-11(2)17-13-6-4-5-7-14(13)18-15/h4-7,12,16H,3,8-10H2,1-2H3. The fourth-order valence-electron chi connectivity index (χ4n) is 2.55. The molecule has 0 atom stereocenters. The Morgan fingerprint density at radius 3 is 2.47 bits per heavy atom. The van der Waals surface area contributed by atoms with Crippen LogP contribution in [0.2, 0.25) is 0 Å². The zero-order valence-corrected chi connectivity index (χ0v) is 11.6. The molecule has 19 heavy (non-hydrogen) atoms. The third-order valence-electron chi connectivity index (χ3n) is 3.66. The number of nitrogens with zero attached hydrogens (tertiary/aromatic N) is 3. The molecule has 4 heteroatoms. The number of fused-ring (bicyclic) bond motifs is 1. The van der Waals surface area contributed by atoms with Gasteiger partial charge in [-0.2, -0.15) is 0 Å². The van der Waals surface area contributed by atoms with E-state index in [1.54, 1.807) is 0 Å². The Bertz CT molecular complexity index is 577. The maximum Gasteiger partial charge on any atom is 0.151 e. The van der Waals surface area contributed by atoms with Crippen LogP contribution >= 0.6 is 0 Å². The number of anilines is 1. The summed E-state index contributed by atoms with van der Waals surface area (Å²) in [6.45, 7) is 7.41. The molecular formula is C15H20N4. The third kappa shape index (κ3) is 2.28. The molecule has 0 radical (unpaired) electrons. The van der Waals surface area contributed by atoms with Crippen molar-refractivity contribution >= 4 is 16.9 Å². The minimum absolute atomic E-state index is 0.564. The zero-order chi connectivity index (χ0) is 13.2. The molecule has 1 N–H and O–H groups in total. The fourth-order valence-corrected chi connectivity index (χ4v) is 2.55. The second-order valence-corrected chi connectivity index (χ2v) is 5.13. The maximum absolute atomic E-state index is 4.83. The highest BCUT2D eigenvalue weighted by atomic mass is 15.3. The molecule has 1 aliphatic rings. The molecule has 4 nitrogen and oxygen atoms in total. The number of nitrogens with one attached hydrogen (secondary N) is 1. The lowest BCUT2D eigenvalue weighted by molar-refractivity contribution is 0.410. The van der Waals surface area contributed by atoms with Gasteiger partial charge >= 0.3 is 0 Å². The first-order chi connectivity index (χ1) is 9.29. The zero-order valence-electron chi connectivity index (χ0n) is 11.6. The molecular weight excluding hydrogens is 236 g/mol. The van der Waals surface area contributed by atoms with Gasteiger partial charge in [0.15, 0.2) is 5.82 Å². The Morgan fingerprint density at radius 2 is 1.89 bits per heavy atom. The molecule has 1 aromatic heterocycles. The average Bonchev–Trinajstić information content (AvgIpc) is 2.35. The van der Waals surface area contributed by atoms with Crippen LogP contribution < -0.4 is 10.2 Å². The first-order valence-corrected chi connectivity index (χ1v) is 7.00. The number of hydrogen-bond acceptors (Lipinski definition) is 4. The predicted molar refractivity (Wildman–Crippen MR) is 78.6 cm³/mol. The molecule has 0 spiro atoms. The summed E-state index contributed by atoms with van der Waals surface area (Å²) in [6, 6.07) is 8.65. The lowest BCUT2D eigenvalue weighted by Crippen LogP contribution is -2.58. The molecule has 3 rings (SSSR count). The molecule has 2 aromatic rings. The SMILES string of the molecule is CCCN(c1nc2ccccc2nc1C)C1CNC1. The van der Waals surface area contributed by atoms with Gasteiger partial charge < -0.3 is 10.2 Å². The van der Waals surface area contributed by atoms with E-state index in [0.717, 1.165) is 48.6 Å². The smallest absolute Gasteiger partial charge is 0.151 e. The minimum Gasteiger partial charge on any atom is -0.350 e. The van der Waals surface area contributed by atoms with Crippen molar-refractivity contribution in [1.29, 1.82) is 0 Å². The van der Waals surface area contributed by atoms with Crippen LogP contribution in [0.3, 0.4) is 0 Å². The molecule has 0 saturated carbocycles. The normalized spacial score (nSPS) is 15.5. The highest BCUT2D eigenvalue weighted by molar-refractivity contribution is 5.76.